The largest absolute Gasteiger partial charge is 0.332 e. The molecule has 22 heavy (non-hydrogen) atoms. The van der Waals surface area contributed by atoms with E-state index in [0.717, 1.165) is 16.8 Å². The summed E-state index contributed by atoms with van der Waals surface area (Å²) in [6.07, 6.45) is 0. The van der Waals surface area contributed by atoms with Crippen molar-refractivity contribution in [3.8, 4) is 0 Å². The molecule has 0 saturated carbocycles. The third-order valence-corrected chi connectivity index (χ3v) is 3.63. The van der Waals surface area contributed by atoms with Crippen molar-refractivity contribution in [1.82, 2.24) is 5.32 Å². The van der Waals surface area contributed by atoms with Gasteiger partial charge in [-0.25, -0.2) is 0 Å². The number of hydrogen-bond donors (Lipinski definition) is 2. The van der Waals surface area contributed by atoms with Crippen LogP contribution in [0.5, 0.6) is 0 Å². The van der Waals surface area contributed by atoms with Gasteiger partial charge in [-0.05, 0) is 61.5 Å². The van der Waals surface area contributed by atoms with Crippen molar-refractivity contribution in [2.45, 2.75) is 13.8 Å². The highest BCUT2D eigenvalue weighted by Crippen LogP contribution is 2.19. The normalized spacial score (nSPS) is 10.2. The maximum absolute atomic E-state index is 12.1. The molecule has 2 aromatic carbocycles. The van der Waals surface area contributed by atoms with E-state index >= 15 is 0 Å². The number of carbonyl (C=O) groups is 1. The highest BCUT2D eigenvalue weighted by Gasteiger charge is 2.10. The average molecular weight is 353 g/mol. The molecule has 2 rings (SSSR count). The molecule has 0 aliphatic carbocycles. The maximum atomic E-state index is 12.1. The number of amides is 1. The first-order valence-electron chi connectivity index (χ1n) is 6.51. The molecular weight excluding hydrogens is 339 g/mol. The third-order valence-electron chi connectivity index (χ3n) is 2.99. The van der Waals surface area contributed by atoms with E-state index in [0.29, 0.717) is 15.6 Å². The monoisotopic (exact) mass is 352 g/mol. The van der Waals surface area contributed by atoms with E-state index < -0.39 is 0 Å². The number of nitrogens with one attached hydrogen (secondary N) is 2. The lowest BCUT2D eigenvalue weighted by atomic mass is 10.1. The van der Waals surface area contributed by atoms with Gasteiger partial charge in [0.2, 0.25) is 0 Å². The third kappa shape index (κ3) is 4.44. The summed E-state index contributed by atoms with van der Waals surface area (Å²) in [5.41, 5.74) is 3.34. The molecule has 0 saturated heterocycles. The van der Waals surface area contributed by atoms with Gasteiger partial charge < -0.3 is 5.32 Å². The van der Waals surface area contributed by atoms with Gasteiger partial charge in [-0.3, -0.25) is 10.1 Å². The second-order valence-corrected chi connectivity index (χ2v) is 6.17. The molecule has 0 aromatic heterocycles. The number of halogens is 2. The molecule has 0 heterocycles. The van der Waals surface area contributed by atoms with Crippen molar-refractivity contribution < 1.29 is 4.79 Å². The maximum Gasteiger partial charge on any atom is 0.257 e. The predicted molar refractivity (Wildman–Crippen MR) is 96.1 cm³/mol. The Morgan fingerprint density at radius 1 is 1.05 bits per heavy atom. The summed E-state index contributed by atoms with van der Waals surface area (Å²) in [6.45, 7) is 3.95. The van der Waals surface area contributed by atoms with Crippen LogP contribution in [0.4, 0.5) is 5.69 Å². The predicted octanol–water partition coefficient (Wildman–Crippen LogP) is 4.74. The zero-order valence-corrected chi connectivity index (χ0v) is 14.4. The van der Waals surface area contributed by atoms with Crippen LogP contribution in [0.3, 0.4) is 0 Å². The molecule has 0 fully saturated rings. The van der Waals surface area contributed by atoms with Crippen LogP contribution in [0.15, 0.2) is 36.4 Å². The zero-order chi connectivity index (χ0) is 16.3. The fourth-order valence-electron chi connectivity index (χ4n) is 1.88. The van der Waals surface area contributed by atoms with E-state index in [1.807, 2.05) is 32.0 Å². The summed E-state index contributed by atoms with van der Waals surface area (Å²) in [5.74, 6) is -0.368. The van der Waals surface area contributed by atoms with Crippen LogP contribution in [0.1, 0.15) is 21.5 Å². The topological polar surface area (TPSA) is 41.1 Å². The lowest BCUT2D eigenvalue weighted by Crippen LogP contribution is -2.34. The molecule has 0 unspecified atom stereocenters. The first-order chi connectivity index (χ1) is 10.3. The molecule has 0 spiro atoms. The molecular formula is C16H14Cl2N2OS. The second-order valence-electron chi connectivity index (χ2n) is 4.88. The Morgan fingerprint density at radius 3 is 2.32 bits per heavy atom. The fourth-order valence-corrected chi connectivity index (χ4v) is 2.61. The van der Waals surface area contributed by atoms with Crippen molar-refractivity contribution in [3.05, 3.63) is 63.1 Å². The van der Waals surface area contributed by atoms with Crippen LogP contribution in [0.25, 0.3) is 0 Å². The van der Waals surface area contributed by atoms with Crippen molar-refractivity contribution in [1.29, 1.82) is 0 Å². The molecule has 0 radical (unpaired) electrons. The summed E-state index contributed by atoms with van der Waals surface area (Å²) in [4.78, 5) is 12.1. The van der Waals surface area contributed by atoms with Gasteiger partial charge in [-0.15, -0.1) is 0 Å². The highest BCUT2D eigenvalue weighted by molar-refractivity contribution is 7.80. The lowest BCUT2D eigenvalue weighted by Gasteiger charge is -2.12. The summed E-state index contributed by atoms with van der Waals surface area (Å²) < 4.78 is 0. The molecule has 0 bridgehead atoms. The zero-order valence-electron chi connectivity index (χ0n) is 12.0. The molecule has 0 atom stereocenters. The first kappa shape index (κ1) is 16.7. The second kappa shape index (κ2) is 7.09. The van der Waals surface area contributed by atoms with E-state index in [9.17, 15) is 4.79 Å². The van der Waals surface area contributed by atoms with Crippen molar-refractivity contribution in [2.24, 2.45) is 0 Å². The minimum atomic E-state index is -0.368. The van der Waals surface area contributed by atoms with Crippen LogP contribution in [-0.4, -0.2) is 11.0 Å². The summed E-state index contributed by atoms with van der Waals surface area (Å²) in [6, 6.07) is 10.6. The molecule has 0 aliphatic heterocycles. The molecule has 2 N–H and O–H groups in total. The highest BCUT2D eigenvalue weighted by atomic mass is 35.5. The van der Waals surface area contributed by atoms with E-state index in [1.165, 1.54) is 12.1 Å². The number of carbonyl (C=O) groups excluding carboxylic acids is 1. The number of rotatable bonds is 2. The number of thiocarbonyl (C=S) groups is 1. The average Bonchev–Trinajstić information content (AvgIpc) is 2.41. The Kier molecular flexibility index (Phi) is 5.40. The van der Waals surface area contributed by atoms with Gasteiger partial charge in [-0.1, -0.05) is 35.3 Å². The van der Waals surface area contributed by atoms with Crippen LogP contribution in [-0.2, 0) is 0 Å². The van der Waals surface area contributed by atoms with Gasteiger partial charge >= 0.3 is 0 Å². The number of hydrogen-bond acceptors (Lipinski definition) is 2. The minimum Gasteiger partial charge on any atom is -0.332 e. The molecule has 0 aliphatic rings. The van der Waals surface area contributed by atoms with Crippen LogP contribution >= 0.6 is 35.4 Å². The van der Waals surface area contributed by atoms with Crippen molar-refractivity contribution in [2.75, 3.05) is 5.32 Å². The Labute approximate surface area is 144 Å². The van der Waals surface area contributed by atoms with E-state index in [2.05, 4.69) is 10.6 Å². The molecule has 3 nitrogen and oxygen atoms in total. The molecule has 114 valence electrons. The smallest absolute Gasteiger partial charge is 0.257 e. The fraction of sp³-hybridized carbons (Fsp3) is 0.125. The number of aryl methyl sites for hydroxylation is 2. The van der Waals surface area contributed by atoms with Crippen LogP contribution in [0.2, 0.25) is 10.0 Å². The molecule has 1 amide bonds. The standard InChI is InChI=1S/C16H14Cl2N2OS/c1-9-3-4-10(2)14(5-9)19-16(22)20-15(21)11-6-12(17)8-13(18)7-11/h3-8H,1-2H3,(H2,19,20,21,22). The van der Waals surface area contributed by atoms with Crippen LogP contribution in [0, 0.1) is 13.8 Å². The van der Waals surface area contributed by atoms with Gasteiger partial charge in [0.25, 0.3) is 5.91 Å². The van der Waals surface area contributed by atoms with Gasteiger partial charge in [0.1, 0.15) is 0 Å². The van der Waals surface area contributed by atoms with Gasteiger partial charge in [0.15, 0.2) is 5.11 Å². The lowest BCUT2D eigenvalue weighted by molar-refractivity contribution is 0.0977. The van der Waals surface area contributed by atoms with Gasteiger partial charge in [0, 0.05) is 21.3 Å². The Balaban J connectivity index is 2.08. The number of benzene rings is 2. The van der Waals surface area contributed by atoms with E-state index in [1.54, 1.807) is 6.07 Å². The minimum absolute atomic E-state index is 0.217. The van der Waals surface area contributed by atoms with Gasteiger partial charge in [0.05, 0.1) is 0 Å². The first-order valence-corrected chi connectivity index (χ1v) is 7.67. The molecule has 2 aromatic rings. The molecule has 6 heteroatoms. The number of anilines is 1. The van der Waals surface area contributed by atoms with E-state index in [-0.39, 0.29) is 11.0 Å². The Bertz CT molecular complexity index is 727. The van der Waals surface area contributed by atoms with Crippen molar-refractivity contribution in [3.63, 3.8) is 0 Å². The van der Waals surface area contributed by atoms with Crippen molar-refractivity contribution >= 4 is 52.1 Å². The summed E-state index contributed by atoms with van der Waals surface area (Å²) >= 11 is 16.9. The quantitative estimate of drug-likeness (QED) is 0.767. The SMILES string of the molecule is Cc1ccc(C)c(NC(=S)NC(=O)c2cc(Cl)cc(Cl)c2)c1. The van der Waals surface area contributed by atoms with Crippen LogP contribution < -0.4 is 10.6 Å². The Morgan fingerprint density at radius 2 is 1.68 bits per heavy atom. The summed E-state index contributed by atoms with van der Waals surface area (Å²) in [5, 5.41) is 6.63. The van der Waals surface area contributed by atoms with E-state index in [4.69, 9.17) is 35.4 Å². The summed E-state index contributed by atoms with van der Waals surface area (Å²) in [7, 11) is 0. The van der Waals surface area contributed by atoms with Gasteiger partial charge in [-0.2, -0.15) is 0 Å². The Hall–Kier alpha value is -1.62.